The number of rotatable bonds is 18. The summed E-state index contributed by atoms with van der Waals surface area (Å²) < 4.78 is 40.9. The Bertz CT molecular complexity index is 2650. The molecule has 2 aliphatic heterocycles. The first-order valence-corrected chi connectivity index (χ1v) is 26.4. The molecule has 2 saturated heterocycles. The molecule has 4 N–H and O–H groups in total. The highest BCUT2D eigenvalue weighted by Gasteiger charge is 2.32. The average Bonchev–Trinajstić information content (AvgIpc) is 4.11. The van der Waals surface area contributed by atoms with Crippen LogP contribution in [-0.2, 0) is 13.1 Å². The highest BCUT2D eigenvalue weighted by molar-refractivity contribution is 5.97. The zero-order chi connectivity index (χ0) is 54.8. The summed E-state index contributed by atoms with van der Waals surface area (Å²) in [6.45, 7) is 20.9. The van der Waals surface area contributed by atoms with Crippen molar-refractivity contribution in [2.24, 2.45) is 11.5 Å². The number of nitrogens with two attached hydrogens (primary N) is 2. The topological polar surface area (TPSA) is 166 Å². The molecule has 6 aromatic rings. The molecule has 16 heteroatoms. The number of piperidine rings is 2. The van der Waals surface area contributed by atoms with Gasteiger partial charge in [-0.3, -0.25) is 29.0 Å². The Labute approximate surface area is 446 Å². The van der Waals surface area contributed by atoms with Gasteiger partial charge in [-0.2, -0.15) is 0 Å². The second kappa shape index (κ2) is 25.5. The van der Waals surface area contributed by atoms with Crippen LogP contribution in [0.3, 0.4) is 0 Å². The predicted octanol–water partition coefficient (Wildman–Crippen LogP) is 11.2. The highest BCUT2D eigenvalue weighted by atomic mass is 19.1. The number of carbonyl (C=O) groups is 4. The molecule has 4 aromatic carbocycles. The Hall–Kier alpha value is -7.30. The maximum atomic E-state index is 15.3. The predicted molar refractivity (Wildman–Crippen MR) is 294 cm³/mol. The van der Waals surface area contributed by atoms with Crippen LogP contribution in [0.5, 0.6) is 0 Å². The van der Waals surface area contributed by atoms with Gasteiger partial charge in [-0.05, 0) is 178 Å². The van der Waals surface area contributed by atoms with Crippen molar-refractivity contribution in [2.45, 2.75) is 130 Å². The zero-order valence-electron chi connectivity index (χ0n) is 45.1. The van der Waals surface area contributed by atoms with E-state index in [-0.39, 0.29) is 59.2 Å². The molecule has 2 aliphatic rings. The van der Waals surface area contributed by atoms with Crippen molar-refractivity contribution in [1.82, 2.24) is 19.6 Å². The lowest BCUT2D eigenvalue weighted by molar-refractivity contribution is 0.0634. The maximum absolute atomic E-state index is 15.3. The molecule has 4 amide bonds. The molecule has 4 heterocycles. The summed E-state index contributed by atoms with van der Waals surface area (Å²) in [5.74, 6) is -2.15. The van der Waals surface area contributed by atoms with Gasteiger partial charge in [-0.1, -0.05) is 0 Å². The van der Waals surface area contributed by atoms with Gasteiger partial charge in [-0.15, -0.1) is 0 Å². The summed E-state index contributed by atoms with van der Waals surface area (Å²) in [5.41, 5.74) is 17.1. The number of halogens is 2. The molecule has 0 bridgehead atoms. The smallest absolute Gasteiger partial charge is 0.254 e. The van der Waals surface area contributed by atoms with Crippen LogP contribution in [-0.4, -0.2) is 106 Å². The second-order valence-corrected chi connectivity index (χ2v) is 21.0. The number of carbonyl (C=O) groups excluding carboxylic acids is 4. The monoisotopic (exact) mass is 1040 g/mol. The van der Waals surface area contributed by atoms with E-state index < -0.39 is 23.4 Å². The van der Waals surface area contributed by atoms with Gasteiger partial charge in [0, 0.05) is 120 Å². The Morgan fingerprint density at radius 3 is 1.09 bits per heavy atom. The normalized spacial score (nSPS) is 14.7. The number of likely N-dealkylation sites (tertiary alicyclic amines) is 2. The van der Waals surface area contributed by atoms with Crippen LogP contribution in [0, 0.1) is 11.6 Å². The van der Waals surface area contributed by atoms with Crippen molar-refractivity contribution >= 4 is 46.4 Å². The lowest BCUT2D eigenvalue weighted by Gasteiger charge is -2.40. The van der Waals surface area contributed by atoms with Crippen LogP contribution < -0.4 is 21.3 Å². The lowest BCUT2D eigenvalue weighted by atomic mass is 9.99. The average molecular weight is 1040 g/mol. The van der Waals surface area contributed by atoms with Gasteiger partial charge in [0.05, 0.1) is 36.4 Å². The first-order chi connectivity index (χ1) is 36.3. The standard InChI is InChI=1S/2C30H37FN4O3/c2*1-20(2)34(21(3)4)30(37)23-5-8-25(9-6-23)35(28-17-24(29(32)36)7-10-27(28)31)26-11-14-33(15-12-26)18-22-13-16-38-19-22/h2*5-10,13,16-17,19-21,26H,11-12,14-15,18H2,1-4H3,(H2,32,36). The van der Waals surface area contributed by atoms with E-state index in [0.717, 1.165) is 87.5 Å². The van der Waals surface area contributed by atoms with E-state index >= 15 is 8.78 Å². The van der Waals surface area contributed by atoms with Crippen LogP contribution in [0.1, 0.15) is 134 Å². The number of furan rings is 2. The van der Waals surface area contributed by atoms with Crippen molar-refractivity contribution < 1.29 is 36.8 Å². The van der Waals surface area contributed by atoms with Gasteiger partial charge in [0.2, 0.25) is 11.8 Å². The third-order valence-corrected chi connectivity index (χ3v) is 14.3. The highest BCUT2D eigenvalue weighted by Crippen LogP contribution is 2.37. The maximum Gasteiger partial charge on any atom is 0.254 e. The lowest BCUT2D eigenvalue weighted by Crippen LogP contribution is -2.43. The first-order valence-electron chi connectivity index (χ1n) is 26.4. The van der Waals surface area contributed by atoms with Crippen molar-refractivity contribution in [3.8, 4) is 0 Å². The van der Waals surface area contributed by atoms with Crippen LogP contribution in [0.4, 0.5) is 31.5 Å². The van der Waals surface area contributed by atoms with E-state index in [1.54, 1.807) is 49.3 Å². The van der Waals surface area contributed by atoms with Gasteiger partial charge < -0.3 is 39.9 Å². The largest absolute Gasteiger partial charge is 0.472 e. The van der Waals surface area contributed by atoms with E-state index in [4.69, 9.17) is 20.3 Å². The molecule has 14 nitrogen and oxygen atoms in total. The summed E-state index contributed by atoms with van der Waals surface area (Å²) in [6, 6.07) is 27.3. The Kier molecular flexibility index (Phi) is 18.9. The van der Waals surface area contributed by atoms with Gasteiger partial charge >= 0.3 is 0 Å². The van der Waals surface area contributed by atoms with Gasteiger partial charge in [-0.25, -0.2) is 8.78 Å². The van der Waals surface area contributed by atoms with Gasteiger partial charge in [0.25, 0.3) is 11.8 Å². The van der Waals surface area contributed by atoms with Crippen LogP contribution in [0.15, 0.2) is 131 Å². The molecule has 0 aliphatic carbocycles. The van der Waals surface area contributed by atoms with Crippen molar-refractivity contribution in [3.05, 3.63) is 167 Å². The third-order valence-electron chi connectivity index (χ3n) is 14.3. The molecule has 0 unspecified atom stereocenters. The summed E-state index contributed by atoms with van der Waals surface area (Å²) in [4.78, 5) is 62.5. The fraction of sp³-hybridized carbons (Fsp3) is 0.400. The van der Waals surface area contributed by atoms with E-state index in [9.17, 15) is 19.2 Å². The number of amides is 4. The minimum atomic E-state index is -0.607. The second-order valence-electron chi connectivity index (χ2n) is 21.0. The number of hydrogen-bond donors (Lipinski definition) is 2. The Balaban J connectivity index is 0.000000221. The van der Waals surface area contributed by atoms with Crippen molar-refractivity contribution in [1.29, 1.82) is 0 Å². The number of anilines is 4. The summed E-state index contributed by atoms with van der Waals surface area (Å²) in [6.07, 6.45) is 10.1. The zero-order valence-corrected chi connectivity index (χ0v) is 45.1. The van der Waals surface area contributed by atoms with E-state index in [1.807, 2.05) is 111 Å². The molecule has 2 aromatic heterocycles. The molecular formula is C60H74F2N8O6. The molecule has 0 spiro atoms. The number of nitrogens with zero attached hydrogens (tertiary/aromatic N) is 6. The van der Waals surface area contributed by atoms with E-state index in [2.05, 4.69) is 9.80 Å². The number of primary amides is 2. The first kappa shape index (κ1) is 56.4. The van der Waals surface area contributed by atoms with E-state index in [1.165, 1.54) is 36.4 Å². The summed E-state index contributed by atoms with van der Waals surface area (Å²) >= 11 is 0. The molecule has 0 atom stereocenters. The molecule has 8 rings (SSSR count). The summed E-state index contributed by atoms with van der Waals surface area (Å²) in [7, 11) is 0. The quantitative estimate of drug-likeness (QED) is 0.0846. The minimum absolute atomic E-state index is 0.00222. The SMILES string of the molecule is CC(C)N(C(=O)c1ccc(N(c2cc(C(N)=O)ccc2F)C2CCN(Cc3ccoc3)CC2)cc1)C(C)C.CC(C)N(C(=O)c1ccc(N(c2cc(C(N)=O)ccc2F)C2CCN(Cc3ccoc3)CC2)cc1)C(C)C. The number of hydrogen-bond acceptors (Lipinski definition) is 10. The molecule has 2 fully saturated rings. The van der Waals surface area contributed by atoms with Crippen molar-refractivity contribution in [3.63, 3.8) is 0 Å². The molecule has 0 saturated carbocycles. The molecule has 0 radical (unpaired) electrons. The summed E-state index contributed by atoms with van der Waals surface area (Å²) in [5, 5.41) is 0. The minimum Gasteiger partial charge on any atom is -0.472 e. The van der Waals surface area contributed by atoms with Gasteiger partial charge in [0.1, 0.15) is 11.6 Å². The third kappa shape index (κ3) is 13.8. The van der Waals surface area contributed by atoms with Crippen LogP contribution >= 0.6 is 0 Å². The molecular weight excluding hydrogens is 967 g/mol. The van der Waals surface area contributed by atoms with Crippen LogP contribution in [0.2, 0.25) is 0 Å². The molecule has 404 valence electrons. The fourth-order valence-electron chi connectivity index (χ4n) is 10.7. The number of benzene rings is 4. The van der Waals surface area contributed by atoms with E-state index in [0.29, 0.717) is 22.5 Å². The fourth-order valence-corrected chi connectivity index (χ4v) is 10.7. The molecule has 76 heavy (non-hydrogen) atoms. The van der Waals surface area contributed by atoms with Gasteiger partial charge in [0.15, 0.2) is 0 Å². The van der Waals surface area contributed by atoms with Crippen LogP contribution in [0.25, 0.3) is 0 Å². The Morgan fingerprint density at radius 2 is 0.816 bits per heavy atom. The Morgan fingerprint density at radius 1 is 0.500 bits per heavy atom. The van der Waals surface area contributed by atoms with Crippen molar-refractivity contribution in [2.75, 3.05) is 36.0 Å².